The fourth-order valence-electron chi connectivity index (χ4n) is 0.488. The summed E-state index contributed by atoms with van der Waals surface area (Å²) in [6.07, 6.45) is 0. The Morgan fingerprint density at radius 2 is 1.38 bits per heavy atom. The van der Waals surface area contributed by atoms with E-state index >= 15 is 0 Å². The number of carboxylic acid groups (broad SMARTS) is 2. The molecule has 0 heterocycles. The van der Waals surface area contributed by atoms with Gasteiger partial charge in [-0.1, -0.05) is 12.1 Å². The number of nitrogens with two attached hydrogens (primary N) is 1. The van der Waals surface area contributed by atoms with E-state index in [1.165, 1.54) is 0 Å². The second kappa shape index (κ2) is 9.32. The zero-order chi connectivity index (χ0) is 13.1. The predicted octanol–water partition coefficient (Wildman–Crippen LogP) is 1.16. The Kier molecular flexibility index (Phi) is 9.44. The molecule has 0 amide bonds. The number of hydrogen-bond donors (Lipinski definition) is 4. The lowest BCUT2D eigenvalue weighted by atomic mass is 10.3. The van der Waals surface area contributed by atoms with Gasteiger partial charge in [0.2, 0.25) is 0 Å². The molecule has 0 atom stereocenters. The first kappa shape index (κ1) is 16.2. The highest BCUT2D eigenvalue weighted by Crippen LogP contribution is 2.16. The van der Waals surface area contributed by atoms with Crippen LogP contribution in [0.5, 0.6) is 5.75 Å². The van der Waals surface area contributed by atoms with Gasteiger partial charge in [0, 0.05) is 13.8 Å². The zero-order valence-electron chi connectivity index (χ0n) is 9.04. The topological polar surface area (TPSA) is 121 Å². The Balaban J connectivity index is 0. The predicted molar refractivity (Wildman–Crippen MR) is 59.1 cm³/mol. The van der Waals surface area contributed by atoms with Gasteiger partial charge in [-0.15, -0.1) is 0 Å². The van der Waals surface area contributed by atoms with E-state index in [9.17, 15) is 0 Å². The molecule has 0 aliphatic heterocycles. The van der Waals surface area contributed by atoms with Crippen molar-refractivity contribution >= 4 is 17.6 Å². The molecule has 0 aromatic heterocycles. The molecular formula is C10H15NO5. The summed E-state index contributed by atoms with van der Waals surface area (Å²) >= 11 is 0. The third kappa shape index (κ3) is 17.7. The molecule has 0 fully saturated rings. The molecule has 0 unspecified atom stereocenters. The normalized spacial score (nSPS) is 7.62. The monoisotopic (exact) mass is 229 g/mol. The van der Waals surface area contributed by atoms with Crippen molar-refractivity contribution in [3.8, 4) is 5.75 Å². The van der Waals surface area contributed by atoms with Crippen LogP contribution in [0.25, 0.3) is 0 Å². The summed E-state index contributed by atoms with van der Waals surface area (Å²) in [6, 6.07) is 6.70. The summed E-state index contributed by atoms with van der Waals surface area (Å²) in [6.45, 7) is 2.17. The fraction of sp³-hybridized carbons (Fsp3) is 0.200. The minimum Gasteiger partial charge on any atom is -0.506 e. The van der Waals surface area contributed by atoms with Crippen LogP contribution in [0.1, 0.15) is 13.8 Å². The number of rotatable bonds is 0. The van der Waals surface area contributed by atoms with Gasteiger partial charge in [0.25, 0.3) is 11.9 Å². The second-order valence-electron chi connectivity index (χ2n) is 2.60. The molecule has 0 aliphatic carbocycles. The Bertz CT molecular complexity index is 297. The van der Waals surface area contributed by atoms with Gasteiger partial charge >= 0.3 is 0 Å². The summed E-state index contributed by atoms with van der Waals surface area (Å²) in [4.78, 5) is 18.0. The molecule has 90 valence electrons. The average Bonchev–Trinajstić information content (AvgIpc) is 2.08. The summed E-state index contributed by atoms with van der Waals surface area (Å²) in [5.41, 5.74) is 5.69. The van der Waals surface area contributed by atoms with Crippen molar-refractivity contribution < 1.29 is 24.9 Å². The van der Waals surface area contributed by atoms with Gasteiger partial charge in [-0.3, -0.25) is 9.59 Å². The number of nitrogen functional groups attached to an aromatic ring is 1. The number of phenolic OH excluding ortho intramolecular Hbond substituents is 1. The average molecular weight is 229 g/mol. The molecule has 0 radical (unpaired) electrons. The standard InChI is InChI=1S/C6H7NO.2C2H4O2/c7-5-3-1-2-4-6(5)8;2*1-2(3)4/h1-4,8H,7H2;2*1H3,(H,3,4). The lowest BCUT2D eigenvalue weighted by Gasteiger charge is -1.92. The molecule has 0 aliphatic rings. The Hall–Kier alpha value is -2.24. The van der Waals surface area contributed by atoms with Gasteiger partial charge in [0.05, 0.1) is 5.69 Å². The number of benzene rings is 1. The highest BCUT2D eigenvalue weighted by molar-refractivity contribution is 5.63. The number of anilines is 1. The molecule has 6 heteroatoms. The molecular weight excluding hydrogens is 214 g/mol. The molecule has 5 N–H and O–H groups in total. The molecule has 1 aromatic carbocycles. The highest BCUT2D eigenvalue weighted by atomic mass is 16.4. The third-order valence-electron chi connectivity index (χ3n) is 0.937. The van der Waals surface area contributed by atoms with E-state index < -0.39 is 11.9 Å². The lowest BCUT2D eigenvalue weighted by Crippen LogP contribution is -1.82. The fourth-order valence-corrected chi connectivity index (χ4v) is 0.488. The van der Waals surface area contributed by atoms with Crippen molar-refractivity contribution in [1.82, 2.24) is 0 Å². The van der Waals surface area contributed by atoms with E-state index in [0.717, 1.165) is 13.8 Å². The number of phenols is 1. The van der Waals surface area contributed by atoms with E-state index in [4.69, 9.17) is 30.6 Å². The quantitative estimate of drug-likeness (QED) is 0.391. The van der Waals surface area contributed by atoms with Crippen LogP contribution in [0.4, 0.5) is 5.69 Å². The minimum atomic E-state index is -0.833. The van der Waals surface area contributed by atoms with Gasteiger partial charge in [-0.05, 0) is 12.1 Å². The van der Waals surface area contributed by atoms with E-state index in [0.29, 0.717) is 5.69 Å². The number of hydrogen-bond acceptors (Lipinski definition) is 4. The smallest absolute Gasteiger partial charge is 0.300 e. The van der Waals surface area contributed by atoms with E-state index in [1.807, 2.05) is 0 Å². The van der Waals surface area contributed by atoms with Crippen LogP contribution in [0.15, 0.2) is 24.3 Å². The van der Waals surface area contributed by atoms with Crippen molar-refractivity contribution in [1.29, 1.82) is 0 Å². The summed E-state index contributed by atoms with van der Waals surface area (Å²) in [7, 11) is 0. The van der Waals surface area contributed by atoms with Crippen molar-refractivity contribution in [2.24, 2.45) is 0 Å². The Labute approximate surface area is 92.9 Å². The van der Waals surface area contributed by atoms with Gasteiger partial charge in [0.15, 0.2) is 0 Å². The molecule has 16 heavy (non-hydrogen) atoms. The number of aromatic hydroxyl groups is 1. The molecule has 1 rings (SSSR count). The van der Waals surface area contributed by atoms with Crippen LogP contribution in [0, 0.1) is 0 Å². The minimum absolute atomic E-state index is 0.146. The van der Waals surface area contributed by atoms with Crippen molar-refractivity contribution in [2.45, 2.75) is 13.8 Å². The number of para-hydroxylation sites is 2. The van der Waals surface area contributed by atoms with Crippen LogP contribution in [0.2, 0.25) is 0 Å². The summed E-state index contributed by atoms with van der Waals surface area (Å²) < 4.78 is 0. The van der Waals surface area contributed by atoms with Crippen molar-refractivity contribution in [3.05, 3.63) is 24.3 Å². The maximum Gasteiger partial charge on any atom is 0.300 e. The number of carboxylic acids is 2. The molecule has 0 saturated carbocycles. The van der Waals surface area contributed by atoms with Crippen LogP contribution < -0.4 is 5.73 Å². The molecule has 0 spiro atoms. The summed E-state index contributed by atoms with van der Waals surface area (Å²) in [5.74, 6) is -1.52. The molecule has 6 nitrogen and oxygen atoms in total. The van der Waals surface area contributed by atoms with Gasteiger partial charge in [-0.2, -0.15) is 0 Å². The maximum atomic E-state index is 9.00. The molecule has 1 aromatic rings. The van der Waals surface area contributed by atoms with Gasteiger partial charge in [0.1, 0.15) is 5.75 Å². The highest BCUT2D eigenvalue weighted by Gasteiger charge is 1.87. The Morgan fingerprint density at radius 1 is 1.06 bits per heavy atom. The SMILES string of the molecule is CC(=O)O.CC(=O)O.Nc1ccccc1O. The number of carbonyl (C=O) groups is 2. The first-order chi connectivity index (χ1) is 7.27. The van der Waals surface area contributed by atoms with Crippen molar-refractivity contribution in [3.63, 3.8) is 0 Å². The first-order valence-corrected chi connectivity index (χ1v) is 4.20. The Morgan fingerprint density at radius 3 is 1.56 bits per heavy atom. The van der Waals surface area contributed by atoms with Gasteiger partial charge < -0.3 is 21.1 Å². The van der Waals surface area contributed by atoms with E-state index in [-0.39, 0.29) is 5.75 Å². The maximum absolute atomic E-state index is 9.00. The van der Waals surface area contributed by atoms with E-state index in [1.54, 1.807) is 24.3 Å². The van der Waals surface area contributed by atoms with Crippen LogP contribution in [-0.4, -0.2) is 27.3 Å². The third-order valence-corrected chi connectivity index (χ3v) is 0.937. The van der Waals surface area contributed by atoms with Crippen LogP contribution in [-0.2, 0) is 9.59 Å². The molecule has 0 saturated heterocycles. The largest absolute Gasteiger partial charge is 0.506 e. The van der Waals surface area contributed by atoms with Crippen LogP contribution in [0.3, 0.4) is 0 Å². The van der Waals surface area contributed by atoms with Gasteiger partial charge in [-0.25, -0.2) is 0 Å². The lowest BCUT2D eigenvalue weighted by molar-refractivity contribution is -0.135. The van der Waals surface area contributed by atoms with E-state index in [2.05, 4.69) is 0 Å². The van der Waals surface area contributed by atoms with Crippen molar-refractivity contribution in [2.75, 3.05) is 5.73 Å². The summed E-state index contributed by atoms with van der Waals surface area (Å²) in [5, 5.41) is 23.6. The molecule has 0 bridgehead atoms. The van der Waals surface area contributed by atoms with Crippen LogP contribution >= 0.6 is 0 Å². The zero-order valence-corrected chi connectivity index (χ0v) is 9.04. The second-order valence-corrected chi connectivity index (χ2v) is 2.60. The first-order valence-electron chi connectivity index (χ1n) is 4.20. The number of aliphatic carboxylic acids is 2.